The number of methoxy groups -OCH3 is 2. The maximum atomic E-state index is 12.7. The highest BCUT2D eigenvalue weighted by atomic mass is 79.9. The van der Waals surface area contributed by atoms with E-state index in [0.717, 1.165) is 28.2 Å². The molecule has 118 valence electrons. The molecule has 5 nitrogen and oxygen atoms in total. The van der Waals surface area contributed by atoms with Crippen molar-refractivity contribution in [1.29, 1.82) is 0 Å². The summed E-state index contributed by atoms with van der Waals surface area (Å²) in [6.45, 7) is 0. The van der Waals surface area contributed by atoms with E-state index in [1.807, 2.05) is 24.3 Å². The third kappa shape index (κ3) is 2.82. The fraction of sp³-hybridized carbons (Fsp3) is 0.188. The lowest BCUT2D eigenvalue weighted by Gasteiger charge is -2.06. The monoisotopic (exact) mass is 393 g/mol. The highest BCUT2D eigenvalue weighted by Crippen LogP contribution is 2.35. The van der Waals surface area contributed by atoms with Crippen LogP contribution in [0, 0.1) is 0 Å². The van der Waals surface area contributed by atoms with Gasteiger partial charge < -0.3 is 9.47 Å². The number of allylic oxidation sites excluding steroid dienone is 2. The van der Waals surface area contributed by atoms with Gasteiger partial charge in [0, 0.05) is 5.57 Å². The Hall–Kier alpha value is -1.99. The molecule has 0 N–H and O–H groups in total. The molecule has 0 unspecified atom stereocenters. The van der Waals surface area contributed by atoms with Crippen LogP contribution in [-0.2, 0) is 11.2 Å². The summed E-state index contributed by atoms with van der Waals surface area (Å²) in [5.41, 5.74) is 2.63. The van der Waals surface area contributed by atoms with Gasteiger partial charge in [0.2, 0.25) is 5.78 Å². The van der Waals surface area contributed by atoms with Crippen molar-refractivity contribution in [1.82, 2.24) is 4.98 Å². The average molecular weight is 394 g/mol. The van der Waals surface area contributed by atoms with Gasteiger partial charge in [-0.1, -0.05) is 12.1 Å². The first-order chi connectivity index (χ1) is 11.0. The fourth-order valence-electron chi connectivity index (χ4n) is 2.40. The van der Waals surface area contributed by atoms with Crippen LogP contribution in [-0.4, -0.2) is 31.0 Å². The molecule has 0 spiro atoms. The first kappa shape index (κ1) is 15.9. The Labute approximate surface area is 145 Å². The molecule has 0 bridgehead atoms. The molecule has 7 heteroatoms. The van der Waals surface area contributed by atoms with Gasteiger partial charge in [-0.05, 0) is 45.6 Å². The Bertz CT molecular complexity index is 841. The number of thiazole rings is 1. The van der Waals surface area contributed by atoms with Crippen LogP contribution in [0.15, 0.2) is 28.1 Å². The molecule has 1 heterocycles. The fourth-order valence-corrected chi connectivity index (χ4v) is 3.85. The van der Waals surface area contributed by atoms with Gasteiger partial charge in [0.15, 0.2) is 10.7 Å². The molecule has 23 heavy (non-hydrogen) atoms. The number of aromatic nitrogens is 1. The van der Waals surface area contributed by atoms with Gasteiger partial charge >= 0.3 is 5.97 Å². The molecule has 0 saturated carbocycles. The van der Waals surface area contributed by atoms with Crippen molar-refractivity contribution in [2.45, 2.75) is 6.42 Å². The van der Waals surface area contributed by atoms with Crippen molar-refractivity contribution in [2.24, 2.45) is 0 Å². The molecule has 0 amide bonds. The summed E-state index contributed by atoms with van der Waals surface area (Å²) in [4.78, 5) is 28.4. The second-order valence-corrected chi connectivity index (χ2v) is 7.12. The van der Waals surface area contributed by atoms with Crippen LogP contribution in [0.25, 0.3) is 5.57 Å². The Morgan fingerprint density at radius 3 is 2.78 bits per heavy atom. The SMILES string of the molecule is COC(=O)c1nc(C(=O)C2=CCc3cc(OC)ccc32)sc1Br. The number of esters is 1. The number of Topliss-reactive ketones (excluding diaryl/α,β-unsaturated/α-hetero) is 1. The van der Waals surface area contributed by atoms with Crippen molar-refractivity contribution in [3.05, 3.63) is 49.9 Å². The van der Waals surface area contributed by atoms with E-state index in [4.69, 9.17) is 4.74 Å². The summed E-state index contributed by atoms with van der Waals surface area (Å²) in [7, 11) is 2.89. The number of fused-ring (bicyclic) bond motifs is 1. The number of nitrogens with zero attached hydrogens (tertiary/aromatic N) is 1. The topological polar surface area (TPSA) is 65.5 Å². The lowest BCUT2D eigenvalue weighted by atomic mass is 10.0. The van der Waals surface area contributed by atoms with Crippen LogP contribution >= 0.6 is 27.3 Å². The summed E-state index contributed by atoms with van der Waals surface area (Å²) in [6, 6.07) is 5.61. The van der Waals surface area contributed by atoms with Crippen LogP contribution in [0.3, 0.4) is 0 Å². The van der Waals surface area contributed by atoms with Crippen LogP contribution in [0.5, 0.6) is 5.75 Å². The normalized spacial score (nSPS) is 12.6. The number of benzene rings is 1. The second kappa shape index (κ2) is 6.25. The Balaban J connectivity index is 1.93. The minimum atomic E-state index is -0.572. The molecule has 3 rings (SSSR count). The quantitative estimate of drug-likeness (QED) is 0.587. The molecule has 2 aromatic rings. The molecule has 0 saturated heterocycles. The molecule has 0 aliphatic heterocycles. The van der Waals surface area contributed by atoms with E-state index in [1.54, 1.807) is 7.11 Å². The zero-order chi connectivity index (χ0) is 16.6. The maximum absolute atomic E-state index is 12.7. The summed E-state index contributed by atoms with van der Waals surface area (Å²) in [5.74, 6) is -0.0108. The molecule has 1 aromatic heterocycles. The number of carbonyl (C=O) groups is 2. The third-order valence-electron chi connectivity index (χ3n) is 3.53. The van der Waals surface area contributed by atoms with Gasteiger partial charge in [-0.25, -0.2) is 9.78 Å². The van der Waals surface area contributed by atoms with E-state index in [1.165, 1.54) is 7.11 Å². The van der Waals surface area contributed by atoms with Gasteiger partial charge in [-0.3, -0.25) is 4.79 Å². The summed E-state index contributed by atoms with van der Waals surface area (Å²) in [6.07, 6.45) is 2.55. The number of hydrogen-bond donors (Lipinski definition) is 0. The molecule has 1 aliphatic rings. The van der Waals surface area contributed by atoms with Gasteiger partial charge in [0.1, 0.15) is 9.54 Å². The zero-order valence-electron chi connectivity index (χ0n) is 12.4. The molecule has 0 fully saturated rings. The second-order valence-electron chi connectivity index (χ2n) is 4.81. The minimum absolute atomic E-state index is 0.120. The number of halogens is 1. The third-order valence-corrected chi connectivity index (χ3v) is 5.24. The zero-order valence-corrected chi connectivity index (χ0v) is 14.8. The number of hydrogen-bond acceptors (Lipinski definition) is 6. The van der Waals surface area contributed by atoms with Gasteiger partial charge in [0.05, 0.1) is 14.2 Å². The highest BCUT2D eigenvalue weighted by molar-refractivity contribution is 9.11. The molecule has 1 aliphatic carbocycles. The van der Waals surface area contributed by atoms with E-state index in [-0.39, 0.29) is 16.5 Å². The number of ketones is 1. The summed E-state index contributed by atoms with van der Waals surface area (Å²) < 4.78 is 10.3. The van der Waals surface area contributed by atoms with Crippen LogP contribution < -0.4 is 4.74 Å². The van der Waals surface area contributed by atoms with Crippen molar-refractivity contribution < 1.29 is 19.1 Å². The van der Waals surface area contributed by atoms with Crippen LogP contribution in [0.1, 0.15) is 31.4 Å². The predicted octanol–water partition coefficient (Wildman–Crippen LogP) is 3.52. The van der Waals surface area contributed by atoms with E-state index in [2.05, 4.69) is 25.7 Å². The van der Waals surface area contributed by atoms with Crippen molar-refractivity contribution in [3.63, 3.8) is 0 Å². The Kier molecular flexibility index (Phi) is 4.32. The first-order valence-electron chi connectivity index (χ1n) is 6.72. The lowest BCUT2D eigenvalue weighted by molar-refractivity contribution is 0.0594. The molecule has 0 atom stereocenters. The molecule has 0 radical (unpaired) electrons. The van der Waals surface area contributed by atoms with Crippen molar-refractivity contribution in [3.8, 4) is 5.75 Å². The predicted molar refractivity (Wildman–Crippen MR) is 90.2 cm³/mol. The smallest absolute Gasteiger partial charge is 0.358 e. The van der Waals surface area contributed by atoms with E-state index in [0.29, 0.717) is 15.8 Å². The number of ether oxygens (including phenoxy) is 2. The molecular formula is C16H12BrNO4S. The van der Waals surface area contributed by atoms with Crippen LogP contribution in [0.2, 0.25) is 0 Å². The summed E-state index contributed by atoms with van der Waals surface area (Å²) in [5, 5.41) is 0.257. The maximum Gasteiger partial charge on any atom is 0.358 e. The van der Waals surface area contributed by atoms with E-state index >= 15 is 0 Å². The largest absolute Gasteiger partial charge is 0.497 e. The standard InChI is InChI=1S/C16H12BrNO4S/c1-21-9-4-6-10-8(7-9)3-5-11(10)13(19)15-18-12(14(17)23-15)16(20)22-2/h4-7H,3H2,1-2H3. The van der Waals surface area contributed by atoms with Gasteiger partial charge in [0.25, 0.3) is 0 Å². The number of rotatable bonds is 4. The highest BCUT2D eigenvalue weighted by Gasteiger charge is 2.26. The van der Waals surface area contributed by atoms with Gasteiger partial charge in [-0.15, -0.1) is 11.3 Å². The van der Waals surface area contributed by atoms with E-state index in [9.17, 15) is 9.59 Å². The van der Waals surface area contributed by atoms with E-state index < -0.39 is 5.97 Å². The lowest BCUT2D eigenvalue weighted by Crippen LogP contribution is -2.05. The van der Waals surface area contributed by atoms with Gasteiger partial charge in [-0.2, -0.15) is 0 Å². The van der Waals surface area contributed by atoms with Crippen molar-refractivity contribution in [2.75, 3.05) is 14.2 Å². The van der Waals surface area contributed by atoms with Crippen LogP contribution in [0.4, 0.5) is 0 Å². The van der Waals surface area contributed by atoms with Crippen molar-refractivity contribution >= 4 is 44.6 Å². The molecule has 1 aromatic carbocycles. The summed E-state index contributed by atoms with van der Waals surface area (Å²) >= 11 is 4.38. The average Bonchev–Trinajstić information content (AvgIpc) is 3.16. The first-order valence-corrected chi connectivity index (χ1v) is 8.33. The Morgan fingerprint density at radius 1 is 1.30 bits per heavy atom. The minimum Gasteiger partial charge on any atom is -0.497 e. The number of carbonyl (C=O) groups excluding carboxylic acids is 2. The molecular weight excluding hydrogens is 382 g/mol. The Morgan fingerprint density at radius 2 is 2.09 bits per heavy atom.